The van der Waals surface area contributed by atoms with Gasteiger partial charge in [0.1, 0.15) is 5.75 Å². The second-order valence-electron chi connectivity index (χ2n) is 7.52. The van der Waals surface area contributed by atoms with Gasteiger partial charge in [0.25, 0.3) is 0 Å². The highest BCUT2D eigenvalue weighted by Crippen LogP contribution is 2.31. The molecule has 4 rings (SSSR count). The van der Waals surface area contributed by atoms with E-state index in [2.05, 4.69) is 19.2 Å². The van der Waals surface area contributed by atoms with E-state index in [4.69, 9.17) is 4.74 Å². The third kappa shape index (κ3) is 2.69. The van der Waals surface area contributed by atoms with E-state index >= 15 is 0 Å². The fourth-order valence-electron chi connectivity index (χ4n) is 4.00. The molecule has 0 radical (unpaired) electrons. The van der Waals surface area contributed by atoms with Crippen molar-refractivity contribution in [1.82, 2.24) is 13.9 Å². The van der Waals surface area contributed by atoms with Gasteiger partial charge in [-0.15, -0.1) is 0 Å². The molecule has 6 nitrogen and oxygen atoms in total. The fourth-order valence-corrected chi connectivity index (χ4v) is 7.04. The Labute approximate surface area is 158 Å². The van der Waals surface area contributed by atoms with E-state index in [1.54, 1.807) is 28.6 Å². The first kappa shape index (κ1) is 17.6. The molecule has 0 N–H and O–H groups in total. The number of nitrogens with zero attached hydrogens (tertiary/aromatic N) is 3. The first-order valence-corrected chi connectivity index (χ1v) is 12.1. The molecule has 2 aromatic carbocycles. The number of hydrogen-bond donors (Lipinski definition) is 0. The molecule has 0 unspecified atom stereocenters. The van der Waals surface area contributed by atoms with Gasteiger partial charge in [0, 0.05) is 13.1 Å². The van der Waals surface area contributed by atoms with Crippen molar-refractivity contribution >= 4 is 13.3 Å². The summed E-state index contributed by atoms with van der Waals surface area (Å²) >= 11 is 0. The van der Waals surface area contributed by atoms with Gasteiger partial charge in [0.2, 0.25) is 0 Å². The van der Waals surface area contributed by atoms with Crippen LogP contribution in [0.4, 0.5) is 0 Å². The summed E-state index contributed by atoms with van der Waals surface area (Å²) in [6.07, 6.45) is 0. The van der Waals surface area contributed by atoms with Crippen LogP contribution in [0.1, 0.15) is 0 Å². The van der Waals surface area contributed by atoms with E-state index in [0.29, 0.717) is 18.8 Å². The summed E-state index contributed by atoms with van der Waals surface area (Å²) in [7, 11) is -0.285. The number of rotatable bonds is 4. The molecule has 1 aromatic heterocycles. The normalized spacial score (nSPS) is 14.3. The van der Waals surface area contributed by atoms with Crippen LogP contribution < -0.4 is 21.3 Å². The zero-order valence-corrected chi connectivity index (χ0v) is 16.8. The Morgan fingerprint density at radius 1 is 0.889 bits per heavy atom. The molecule has 7 heteroatoms. The van der Waals surface area contributed by atoms with Gasteiger partial charge in [-0.1, -0.05) is 49.5 Å². The standard InChI is InChI=1S/C20H23N3O3Si/c1-26-17-11-7-8-12-18(17)27(2,3)16-13-21-19(24)23(20(25)22(21)14-16)15-9-5-4-6-10-15/h4-12,16H,13-14H2,1-3H3. The molecular weight excluding hydrogens is 358 g/mol. The van der Waals surface area contributed by atoms with Crippen LogP contribution in [0.15, 0.2) is 64.2 Å². The molecule has 0 amide bonds. The summed E-state index contributed by atoms with van der Waals surface area (Å²) in [6, 6.07) is 17.2. The molecule has 3 aromatic rings. The Hall–Kier alpha value is -2.80. The van der Waals surface area contributed by atoms with E-state index in [1.165, 1.54) is 9.75 Å². The van der Waals surface area contributed by atoms with Crippen molar-refractivity contribution in [1.29, 1.82) is 0 Å². The van der Waals surface area contributed by atoms with Gasteiger partial charge < -0.3 is 4.74 Å². The topological polar surface area (TPSA) is 58.2 Å². The zero-order valence-electron chi connectivity index (χ0n) is 15.8. The summed E-state index contributed by atoms with van der Waals surface area (Å²) in [5, 5.41) is 1.22. The minimum absolute atomic E-state index is 0.250. The van der Waals surface area contributed by atoms with E-state index < -0.39 is 8.07 Å². The van der Waals surface area contributed by atoms with E-state index in [-0.39, 0.29) is 16.9 Å². The van der Waals surface area contributed by atoms with Gasteiger partial charge in [-0.3, -0.25) is 0 Å². The van der Waals surface area contributed by atoms with Crippen LogP contribution in [0, 0.1) is 0 Å². The molecule has 0 bridgehead atoms. The van der Waals surface area contributed by atoms with Gasteiger partial charge >= 0.3 is 11.4 Å². The average molecular weight is 382 g/mol. The van der Waals surface area contributed by atoms with Crippen molar-refractivity contribution in [3.05, 3.63) is 75.6 Å². The first-order chi connectivity index (χ1) is 12.9. The van der Waals surface area contributed by atoms with Gasteiger partial charge in [0.15, 0.2) is 0 Å². The molecule has 0 saturated carbocycles. The Morgan fingerprint density at radius 2 is 1.44 bits per heavy atom. The quantitative estimate of drug-likeness (QED) is 0.648. The van der Waals surface area contributed by atoms with Crippen molar-refractivity contribution in [3.63, 3.8) is 0 Å². The summed E-state index contributed by atoms with van der Waals surface area (Å²) in [6.45, 7) is 5.68. The minimum atomic E-state index is -1.97. The Kier molecular flexibility index (Phi) is 4.18. The number of aromatic nitrogens is 3. The van der Waals surface area contributed by atoms with Gasteiger partial charge in [-0.2, -0.15) is 0 Å². The van der Waals surface area contributed by atoms with E-state index in [9.17, 15) is 9.59 Å². The van der Waals surface area contributed by atoms with E-state index in [1.807, 2.05) is 36.4 Å². The highest BCUT2D eigenvalue weighted by molar-refractivity contribution is 6.91. The lowest BCUT2D eigenvalue weighted by Crippen LogP contribution is -2.48. The van der Waals surface area contributed by atoms with Crippen LogP contribution in [-0.2, 0) is 13.1 Å². The maximum Gasteiger partial charge on any atom is 0.351 e. The maximum absolute atomic E-state index is 12.9. The van der Waals surface area contributed by atoms with Crippen LogP contribution in [0.2, 0.25) is 18.6 Å². The molecule has 0 atom stereocenters. The number of fused-ring (bicyclic) bond motifs is 1. The van der Waals surface area contributed by atoms with Crippen LogP contribution in [0.5, 0.6) is 5.75 Å². The Bertz CT molecular complexity index is 1060. The largest absolute Gasteiger partial charge is 0.497 e. The molecule has 140 valence electrons. The third-order valence-corrected chi connectivity index (χ3v) is 9.95. The van der Waals surface area contributed by atoms with Crippen LogP contribution in [-0.4, -0.2) is 29.1 Å². The maximum atomic E-state index is 12.9. The highest BCUT2D eigenvalue weighted by Gasteiger charge is 2.41. The van der Waals surface area contributed by atoms with E-state index in [0.717, 1.165) is 5.75 Å². The molecule has 0 spiro atoms. The highest BCUT2D eigenvalue weighted by atomic mass is 28.3. The minimum Gasteiger partial charge on any atom is -0.497 e. The molecule has 1 aliphatic heterocycles. The van der Waals surface area contributed by atoms with Gasteiger partial charge in [-0.25, -0.2) is 23.5 Å². The first-order valence-electron chi connectivity index (χ1n) is 9.06. The fraction of sp³-hybridized carbons (Fsp3) is 0.300. The smallest absolute Gasteiger partial charge is 0.351 e. The van der Waals surface area contributed by atoms with Crippen molar-refractivity contribution in [2.45, 2.75) is 31.7 Å². The number of benzene rings is 2. The lowest BCUT2D eigenvalue weighted by molar-refractivity contribution is 0.417. The molecule has 0 aliphatic carbocycles. The zero-order chi connectivity index (χ0) is 19.2. The van der Waals surface area contributed by atoms with Crippen molar-refractivity contribution in [3.8, 4) is 11.4 Å². The van der Waals surface area contributed by atoms with Crippen LogP contribution in [0.25, 0.3) is 5.69 Å². The van der Waals surface area contributed by atoms with Crippen LogP contribution >= 0.6 is 0 Å². The molecule has 2 heterocycles. The summed E-state index contributed by atoms with van der Waals surface area (Å²) in [5.41, 5.74) is 0.330. The number of hydrogen-bond acceptors (Lipinski definition) is 3. The molecular formula is C20H23N3O3Si. The van der Waals surface area contributed by atoms with Crippen LogP contribution in [0.3, 0.4) is 0 Å². The lowest BCUT2D eigenvalue weighted by Gasteiger charge is -2.30. The monoisotopic (exact) mass is 381 g/mol. The SMILES string of the molecule is COc1ccccc1[Si](C)(C)C1Cn2c(=O)n(-c3ccccc3)c(=O)n2C1. The average Bonchev–Trinajstić information content (AvgIpc) is 3.23. The number of para-hydroxylation sites is 2. The summed E-state index contributed by atoms with van der Waals surface area (Å²) in [5.74, 6) is 0.889. The third-order valence-electron chi connectivity index (χ3n) is 5.74. The molecule has 0 saturated heterocycles. The van der Waals surface area contributed by atoms with Gasteiger partial charge in [-0.05, 0) is 28.9 Å². The Balaban J connectivity index is 1.73. The van der Waals surface area contributed by atoms with Crippen molar-refractivity contribution in [2.75, 3.05) is 7.11 Å². The van der Waals surface area contributed by atoms with Crippen molar-refractivity contribution < 1.29 is 4.74 Å². The molecule has 27 heavy (non-hydrogen) atoms. The Morgan fingerprint density at radius 3 is 2.04 bits per heavy atom. The van der Waals surface area contributed by atoms with Gasteiger partial charge in [0.05, 0.1) is 20.9 Å². The molecule has 0 fully saturated rings. The number of methoxy groups -OCH3 is 1. The predicted octanol–water partition coefficient (Wildman–Crippen LogP) is 1.81. The van der Waals surface area contributed by atoms with Crippen molar-refractivity contribution in [2.24, 2.45) is 0 Å². The molecule has 1 aliphatic rings. The second kappa shape index (κ2) is 6.42. The number of ether oxygens (including phenoxy) is 1. The second-order valence-corrected chi connectivity index (χ2v) is 12.3. The summed E-state index contributed by atoms with van der Waals surface area (Å²) < 4.78 is 10.0. The predicted molar refractivity (Wildman–Crippen MR) is 108 cm³/mol. The lowest BCUT2D eigenvalue weighted by atomic mass is 10.3. The summed E-state index contributed by atoms with van der Waals surface area (Å²) in [4.78, 5) is 25.8.